The van der Waals surface area contributed by atoms with E-state index in [0.717, 1.165) is 0 Å². The van der Waals surface area contributed by atoms with Crippen molar-refractivity contribution in [2.24, 2.45) is 11.5 Å². The molecule has 2 unspecified atom stereocenters. The molecule has 0 aliphatic heterocycles. The second kappa shape index (κ2) is 4.21. The first kappa shape index (κ1) is 10.7. The molecule has 1 amide bonds. The number of nitrogens with zero attached hydrogens (tertiary/aromatic N) is 2. The molecule has 78 valence electrons. The van der Waals surface area contributed by atoms with Crippen molar-refractivity contribution >= 4 is 5.91 Å². The van der Waals surface area contributed by atoms with Crippen molar-refractivity contribution in [3.05, 3.63) is 18.2 Å². The second-order valence-electron chi connectivity index (χ2n) is 3.09. The summed E-state index contributed by atoms with van der Waals surface area (Å²) in [4.78, 5) is 14.8. The van der Waals surface area contributed by atoms with Gasteiger partial charge < -0.3 is 21.1 Å². The minimum absolute atomic E-state index is 0.197. The Morgan fingerprint density at radius 1 is 1.79 bits per heavy atom. The van der Waals surface area contributed by atoms with Crippen LogP contribution in [0.15, 0.2) is 12.5 Å². The summed E-state index contributed by atoms with van der Waals surface area (Å²) in [5.41, 5.74) is 11.4. The number of imidazole rings is 1. The predicted octanol–water partition coefficient (Wildman–Crippen LogP) is -1.08. The molecule has 0 bridgehead atoms. The number of aromatic nitrogens is 2. The highest BCUT2D eigenvalue weighted by atomic mass is 16.3. The Bertz CT molecular complexity index is 323. The minimum Gasteiger partial charge on any atom is -0.394 e. The van der Waals surface area contributed by atoms with Gasteiger partial charge in [0, 0.05) is 6.20 Å². The van der Waals surface area contributed by atoms with Crippen LogP contribution in [0.3, 0.4) is 0 Å². The zero-order chi connectivity index (χ0) is 10.7. The smallest absolute Gasteiger partial charge is 0.240 e. The average Bonchev–Trinajstić information content (AvgIpc) is 2.63. The number of nitrogens with two attached hydrogens (primary N) is 2. The van der Waals surface area contributed by atoms with Gasteiger partial charge in [0.25, 0.3) is 0 Å². The first-order valence-corrected chi connectivity index (χ1v) is 4.25. The van der Waals surface area contributed by atoms with Gasteiger partial charge in [0.15, 0.2) is 0 Å². The normalized spacial score (nSPS) is 15.1. The Labute approximate surface area is 81.5 Å². The summed E-state index contributed by atoms with van der Waals surface area (Å²) in [7, 11) is 0. The van der Waals surface area contributed by atoms with Crippen LogP contribution in [0, 0.1) is 0 Å². The number of primary amides is 1. The van der Waals surface area contributed by atoms with Gasteiger partial charge in [-0.05, 0) is 6.92 Å². The second-order valence-corrected chi connectivity index (χ2v) is 3.09. The van der Waals surface area contributed by atoms with Crippen molar-refractivity contribution in [2.45, 2.75) is 19.0 Å². The first-order chi connectivity index (χ1) is 6.57. The lowest BCUT2D eigenvalue weighted by atomic mass is 10.2. The van der Waals surface area contributed by atoms with Crippen LogP contribution < -0.4 is 11.5 Å². The first-order valence-electron chi connectivity index (χ1n) is 4.25. The standard InChI is InChI=1S/C8H14N4O2/c1-5(8(10)14)12-4-11-2-7(12)6(9)3-13/h2,4-6,13H,3,9H2,1H3,(H2,10,14). The van der Waals surface area contributed by atoms with Gasteiger partial charge in [-0.3, -0.25) is 4.79 Å². The summed E-state index contributed by atoms with van der Waals surface area (Å²) < 4.78 is 1.56. The third-order valence-electron chi connectivity index (χ3n) is 2.10. The van der Waals surface area contributed by atoms with Crippen LogP contribution in [-0.4, -0.2) is 27.2 Å². The summed E-state index contributed by atoms with van der Waals surface area (Å²) in [6, 6.07) is -1.05. The molecule has 0 aromatic carbocycles. The fourth-order valence-electron chi connectivity index (χ4n) is 1.16. The van der Waals surface area contributed by atoms with Crippen LogP contribution in [0.25, 0.3) is 0 Å². The highest BCUT2D eigenvalue weighted by Crippen LogP contribution is 2.14. The summed E-state index contributed by atoms with van der Waals surface area (Å²) >= 11 is 0. The fraction of sp³-hybridized carbons (Fsp3) is 0.500. The summed E-state index contributed by atoms with van der Waals surface area (Å²) in [6.45, 7) is 1.45. The monoisotopic (exact) mass is 198 g/mol. The molecule has 2 atom stereocenters. The van der Waals surface area contributed by atoms with E-state index in [0.29, 0.717) is 5.69 Å². The van der Waals surface area contributed by atoms with Crippen LogP contribution >= 0.6 is 0 Å². The van der Waals surface area contributed by atoms with E-state index < -0.39 is 18.0 Å². The zero-order valence-corrected chi connectivity index (χ0v) is 7.92. The van der Waals surface area contributed by atoms with E-state index >= 15 is 0 Å². The lowest BCUT2D eigenvalue weighted by Crippen LogP contribution is -2.27. The maximum absolute atomic E-state index is 10.9. The Balaban J connectivity index is 2.98. The Morgan fingerprint density at radius 3 is 2.93 bits per heavy atom. The molecule has 1 aromatic heterocycles. The molecule has 0 fully saturated rings. The van der Waals surface area contributed by atoms with Crippen molar-refractivity contribution in [1.82, 2.24) is 9.55 Å². The van der Waals surface area contributed by atoms with Crippen molar-refractivity contribution < 1.29 is 9.90 Å². The van der Waals surface area contributed by atoms with Gasteiger partial charge in [0.2, 0.25) is 5.91 Å². The number of hydrogen-bond acceptors (Lipinski definition) is 4. The molecule has 0 spiro atoms. The maximum atomic E-state index is 10.9. The summed E-state index contributed by atoms with van der Waals surface area (Å²) in [5.74, 6) is -0.464. The SMILES string of the molecule is CC(C(N)=O)n1cncc1C(N)CO. The van der Waals surface area contributed by atoms with E-state index in [1.165, 1.54) is 12.5 Å². The van der Waals surface area contributed by atoms with Crippen molar-refractivity contribution in [3.63, 3.8) is 0 Å². The molecule has 5 N–H and O–H groups in total. The number of amides is 1. The Hall–Kier alpha value is -1.40. The fourth-order valence-corrected chi connectivity index (χ4v) is 1.16. The number of hydrogen-bond donors (Lipinski definition) is 3. The van der Waals surface area contributed by atoms with Crippen LogP contribution in [-0.2, 0) is 4.79 Å². The number of rotatable bonds is 4. The molecule has 1 heterocycles. The van der Waals surface area contributed by atoms with E-state index in [9.17, 15) is 4.79 Å². The molecule has 0 aliphatic carbocycles. The molecule has 0 saturated carbocycles. The van der Waals surface area contributed by atoms with Crippen LogP contribution in [0.5, 0.6) is 0 Å². The largest absolute Gasteiger partial charge is 0.394 e. The quantitative estimate of drug-likeness (QED) is 0.572. The van der Waals surface area contributed by atoms with Crippen LogP contribution in [0.4, 0.5) is 0 Å². The molecule has 0 radical (unpaired) electrons. The number of aliphatic hydroxyl groups is 1. The van der Waals surface area contributed by atoms with E-state index in [1.807, 2.05) is 0 Å². The molecular formula is C8H14N4O2. The lowest BCUT2D eigenvalue weighted by molar-refractivity contribution is -0.120. The zero-order valence-electron chi connectivity index (χ0n) is 7.92. The summed E-state index contributed by atoms with van der Waals surface area (Å²) in [5, 5.41) is 8.87. The third kappa shape index (κ3) is 1.91. The van der Waals surface area contributed by atoms with Gasteiger partial charge in [-0.2, -0.15) is 0 Å². The van der Waals surface area contributed by atoms with E-state index in [2.05, 4.69) is 4.98 Å². The van der Waals surface area contributed by atoms with Crippen LogP contribution in [0.1, 0.15) is 24.7 Å². The van der Waals surface area contributed by atoms with Crippen LogP contribution in [0.2, 0.25) is 0 Å². The molecular weight excluding hydrogens is 184 g/mol. The highest BCUT2D eigenvalue weighted by molar-refractivity contribution is 5.78. The minimum atomic E-state index is -0.542. The van der Waals surface area contributed by atoms with E-state index in [4.69, 9.17) is 16.6 Å². The molecule has 1 rings (SSSR count). The molecule has 1 aromatic rings. The lowest BCUT2D eigenvalue weighted by Gasteiger charge is -2.16. The molecule has 14 heavy (non-hydrogen) atoms. The van der Waals surface area contributed by atoms with Crippen molar-refractivity contribution in [3.8, 4) is 0 Å². The van der Waals surface area contributed by atoms with Gasteiger partial charge in [-0.25, -0.2) is 4.98 Å². The van der Waals surface area contributed by atoms with Crippen molar-refractivity contribution in [2.75, 3.05) is 6.61 Å². The summed E-state index contributed by atoms with van der Waals surface area (Å²) in [6.07, 6.45) is 2.99. The number of carbonyl (C=O) groups is 1. The van der Waals surface area contributed by atoms with Gasteiger partial charge >= 0.3 is 0 Å². The van der Waals surface area contributed by atoms with E-state index in [1.54, 1.807) is 11.5 Å². The van der Waals surface area contributed by atoms with Gasteiger partial charge in [-0.15, -0.1) is 0 Å². The van der Waals surface area contributed by atoms with Crippen molar-refractivity contribution in [1.29, 1.82) is 0 Å². The molecule has 6 nitrogen and oxygen atoms in total. The number of aliphatic hydroxyl groups excluding tert-OH is 1. The number of carbonyl (C=O) groups excluding carboxylic acids is 1. The average molecular weight is 198 g/mol. The third-order valence-corrected chi connectivity index (χ3v) is 2.10. The highest BCUT2D eigenvalue weighted by Gasteiger charge is 2.17. The van der Waals surface area contributed by atoms with Gasteiger partial charge in [-0.1, -0.05) is 0 Å². The van der Waals surface area contributed by atoms with Gasteiger partial charge in [0.05, 0.1) is 24.7 Å². The van der Waals surface area contributed by atoms with E-state index in [-0.39, 0.29) is 6.61 Å². The molecule has 6 heteroatoms. The topological polar surface area (TPSA) is 107 Å². The maximum Gasteiger partial charge on any atom is 0.240 e. The molecule has 0 saturated heterocycles. The predicted molar refractivity (Wildman–Crippen MR) is 50.1 cm³/mol. The Morgan fingerprint density at radius 2 is 2.43 bits per heavy atom. The van der Waals surface area contributed by atoms with Gasteiger partial charge in [0.1, 0.15) is 6.04 Å². The Kier molecular flexibility index (Phi) is 3.21. The molecule has 0 aliphatic rings.